The molecule has 2 heterocycles. The molecule has 0 saturated carbocycles. The van der Waals surface area contributed by atoms with Gasteiger partial charge in [0.2, 0.25) is 5.91 Å². The number of aliphatic hydroxyl groups excluding tert-OH is 1. The van der Waals surface area contributed by atoms with Crippen LogP contribution in [0.4, 0.5) is 5.69 Å². The van der Waals surface area contributed by atoms with Crippen molar-refractivity contribution in [3.63, 3.8) is 0 Å². The third kappa shape index (κ3) is 7.53. The predicted molar refractivity (Wildman–Crippen MR) is 159 cm³/mol. The first-order valence-corrected chi connectivity index (χ1v) is 15.4. The van der Waals surface area contributed by atoms with Gasteiger partial charge in [-0.15, -0.1) is 0 Å². The summed E-state index contributed by atoms with van der Waals surface area (Å²) in [6, 6.07) is 11.1. The Hall–Kier alpha value is -3.94. The molecule has 232 valence electrons. The van der Waals surface area contributed by atoms with Crippen LogP contribution in [0.25, 0.3) is 0 Å². The molecule has 0 aliphatic carbocycles. The molecule has 12 nitrogen and oxygen atoms in total. The maximum absolute atomic E-state index is 13.5. The van der Waals surface area contributed by atoms with E-state index >= 15 is 0 Å². The van der Waals surface area contributed by atoms with Crippen LogP contribution in [0.3, 0.4) is 0 Å². The zero-order valence-corrected chi connectivity index (χ0v) is 25.7. The van der Waals surface area contributed by atoms with Gasteiger partial charge in [0.1, 0.15) is 17.5 Å². The summed E-state index contributed by atoms with van der Waals surface area (Å²) in [7, 11) is -2.08. The molecule has 0 fully saturated rings. The second-order valence-electron chi connectivity index (χ2n) is 11.2. The average Bonchev–Trinajstić information content (AvgIpc) is 3.31. The number of sulfonamides is 1. The van der Waals surface area contributed by atoms with E-state index in [1.165, 1.54) is 6.92 Å². The molecule has 1 aromatic heterocycles. The number of aliphatic hydroxyl groups is 1. The lowest BCUT2D eigenvalue weighted by Crippen LogP contribution is -2.47. The number of carbonyl (C=O) groups excluding carboxylic acids is 1. The number of carbonyl (C=O) groups is 2. The van der Waals surface area contributed by atoms with Crippen molar-refractivity contribution in [1.82, 2.24) is 15.0 Å². The van der Waals surface area contributed by atoms with E-state index in [4.69, 9.17) is 9.26 Å². The van der Waals surface area contributed by atoms with Gasteiger partial charge in [0.25, 0.3) is 10.0 Å². The van der Waals surface area contributed by atoms with Crippen LogP contribution in [0.1, 0.15) is 46.8 Å². The number of carboxylic acids is 1. The van der Waals surface area contributed by atoms with Crippen molar-refractivity contribution in [3.05, 3.63) is 70.6 Å². The van der Waals surface area contributed by atoms with Gasteiger partial charge in [0.05, 0.1) is 24.6 Å². The maximum Gasteiger partial charge on any atom is 0.335 e. The lowest BCUT2D eigenvalue weighted by atomic mass is 10.0. The Morgan fingerprint density at radius 1 is 1.21 bits per heavy atom. The first-order chi connectivity index (χ1) is 20.3. The van der Waals surface area contributed by atoms with Gasteiger partial charge in [-0.3, -0.25) is 14.4 Å². The lowest BCUT2D eigenvalue weighted by molar-refractivity contribution is -0.134. The van der Waals surface area contributed by atoms with Crippen molar-refractivity contribution in [2.75, 3.05) is 31.5 Å². The summed E-state index contributed by atoms with van der Waals surface area (Å²) in [6.07, 6.45) is -0.419. The summed E-state index contributed by atoms with van der Waals surface area (Å²) in [5.74, 6) is -0.695. The highest BCUT2D eigenvalue weighted by molar-refractivity contribution is 7.92. The number of fused-ring (bicyclic) bond motifs is 1. The van der Waals surface area contributed by atoms with Gasteiger partial charge in [0, 0.05) is 36.8 Å². The largest absolute Gasteiger partial charge is 0.488 e. The molecular formula is C30H38N4O8S. The maximum atomic E-state index is 13.5. The van der Waals surface area contributed by atoms with E-state index in [9.17, 15) is 28.2 Å². The summed E-state index contributed by atoms with van der Waals surface area (Å²) in [5.41, 5.74) is 2.14. The number of ether oxygens (including phenoxy) is 1. The van der Waals surface area contributed by atoms with Gasteiger partial charge in [-0.2, -0.15) is 0 Å². The Bertz CT molecular complexity index is 1550. The first-order valence-electron chi connectivity index (χ1n) is 14.0. The lowest BCUT2D eigenvalue weighted by Gasteiger charge is -2.34. The van der Waals surface area contributed by atoms with Crippen molar-refractivity contribution >= 4 is 27.6 Å². The standard InChI is InChI=1S/C30H38N4O8S/c1-18-14-34(19(2)17-35)28(36)13-24-12-25(32-43(39,40)29-20(3)31-42-21(29)4)10-11-26(24)41-27(18)16-33(5)15-22-6-8-23(9-7-22)30(37)38/h6-12,18-19,27,32,35H,13-17H2,1-5H3,(H,37,38)/t18-,19-,27+/m0/s1. The number of rotatable bonds is 10. The van der Waals surface area contributed by atoms with Crippen molar-refractivity contribution in [3.8, 4) is 5.75 Å². The molecular weight excluding hydrogens is 576 g/mol. The number of hydrogen-bond acceptors (Lipinski definition) is 9. The second kappa shape index (κ2) is 13.1. The van der Waals surface area contributed by atoms with Crippen molar-refractivity contribution in [1.29, 1.82) is 0 Å². The van der Waals surface area contributed by atoms with E-state index in [1.54, 1.807) is 61.2 Å². The highest BCUT2D eigenvalue weighted by Crippen LogP contribution is 2.31. The number of likely N-dealkylation sites (N-methyl/N-ethyl adjacent to an activating group) is 1. The van der Waals surface area contributed by atoms with Crippen LogP contribution in [-0.4, -0.2) is 84.4 Å². The topological polar surface area (TPSA) is 163 Å². The second-order valence-corrected chi connectivity index (χ2v) is 12.8. The monoisotopic (exact) mass is 614 g/mol. The molecule has 43 heavy (non-hydrogen) atoms. The predicted octanol–water partition coefficient (Wildman–Crippen LogP) is 3.07. The van der Waals surface area contributed by atoms with Gasteiger partial charge in [-0.1, -0.05) is 24.2 Å². The van der Waals surface area contributed by atoms with Crippen LogP contribution in [0.2, 0.25) is 0 Å². The van der Waals surface area contributed by atoms with Crippen molar-refractivity contribution < 1.29 is 37.5 Å². The number of benzene rings is 2. The fourth-order valence-electron chi connectivity index (χ4n) is 5.21. The fourth-order valence-corrected chi connectivity index (χ4v) is 6.59. The molecule has 1 aliphatic heterocycles. The summed E-state index contributed by atoms with van der Waals surface area (Å²) < 4.78 is 40.4. The minimum atomic E-state index is -4.01. The summed E-state index contributed by atoms with van der Waals surface area (Å²) in [6.45, 7) is 8.00. The Morgan fingerprint density at radius 2 is 1.91 bits per heavy atom. The minimum absolute atomic E-state index is 0.0409. The number of anilines is 1. The van der Waals surface area contributed by atoms with E-state index in [0.29, 0.717) is 30.9 Å². The van der Waals surface area contributed by atoms with E-state index in [0.717, 1.165) is 5.56 Å². The van der Waals surface area contributed by atoms with Crippen LogP contribution >= 0.6 is 0 Å². The Kier molecular flexibility index (Phi) is 9.78. The van der Waals surface area contributed by atoms with Crippen molar-refractivity contribution in [2.24, 2.45) is 5.92 Å². The van der Waals surface area contributed by atoms with Crippen LogP contribution < -0.4 is 9.46 Å². The molecule has 3 atom stereocenters. The minimum Gasteiger partial charge on any atom is -0.488 e. The smallest absolute Gasteiger partial charge is 0.335 e. The molecule has 0 bridgehead atoms. The van der Waals surface area contributed by atoms with E-state index in [-0.39, 0.29) is 58.6 Å². The Morgan fingerprint density at radius 3 is 2.51 bits per heavy atom. The molecule has 3 N–H and O–H groups in total. The van der Waals surface area contributed by atoms with E-state index < -0.39 is 22.0 Å². The molecule has 1 amide bonds. The zero-order chi connectivity index (χ0) is 31.5. The highest BCUT2D eigenvalue weighted by Gasteiger charge is 2.32. The van der Waals surface area contributed by atoms with Crippen LogP contribution in [0.5, 0.6) is 5.75 Å². The number of carboxylic acid groups (broad SMARTS) is 1. The van der Waals surface area contributed by atoms with E-state index in [1.807, 2.05) is 14.0 Å². The number of aromatic carboxylic acids is 1. The molecule has 4 rings (SSSR count). The van der Waals surface area contributed by atoms with Crippen LogP contribution in [-0.2, 0) is 27.8 Å². The Labute approximate surface area is 251 Å². The quantitative estimate of drug-likeness (QED) is 0.309. The van der Waals surface area contributed by atoms with Crippen molar-refractivity contribution in [2.45, 2.75) is 57.7 Å². The molecule has 0 spiro atoms. The molecule has 2 aromatic carbocycles. The molecule has 0 radical (unpaired) electrons. The molecule has 13 heteroatoms. The number of aromatic nitrogens is 1. The van der Waals surface area contributed by atoms with Crippen LogP contribution in [0, 0.1) is 19.8 Å². The van der Waals surface area contributed by atoms with Gasteiger partial charge in [0.15, 0.2) is 10.7 Å². The third-order valence-electron chi connectivity index (χ3n) is 7.55. The van der Waals surface area contributed by atoms with Gasteiger partial charge < -0.3 is 24.4 Å². The summed E-state index contributed by atoms with van der Waals surface area (Å²) in [5, 5.41) is 22.8. The molecule has 3 aromatic rings. The molecule has 0 unspecified atom stereocenters. The molecule has 0 saturated heterocycles. The van der Waals surface area contributed by atoms with E-state index in [2.05, 4.69) is 14.8 Å². The number of amides is 1. The van der Waals surface area contributed by atoms with Gasteiger partial charge in [-0.25, -0.2) is 13.2 Å². The third-order valence-corrected chi connectivity index (χ3v) is 9.18. The summed E-state index contributed by atoms with van der Waals surface area (Å²) >= 11 is 0. The number of nitrogens with one attached hydrogen (secondary N) is 1. The number of hydrogen-bond donors (Lipinski definition) is 3. The summed E-state index contributed by atoms with van der Waals surface area (Å²) in [4.78, 5) is 28.4. The highest BCUT2D eigenvalue weighted by atomic mass is 32.2. The molecule has 1 aliphatic rings. The first kappa shape index (κ1) is 32.0. The average molecular weight is 615 g/mol. The Balaban J connectivity index is 1.62. The normalized spacial score (nSPS) is 18.3. The van der Waals surface area contributed by atoms with Crippen LogP contribution in [0.15, 0.2) is 51.9 Å². The van der Waals surface area contributed by atoms with Gasteiger partial charge >= 0.3 is 5.97 Å². The fraction of sp³-hybridized carbons (Fsp3) is 0.433. The zero-order valence-electron chi connectivity index (χ0n) is 24.9. The SMILES string of the molecule is Cc1noc(C)c1S(=O)(=O)Nc1ccc2c(c1)CC(=O)N([C@@H](C)CO)C[C@H](C)[C@@H](CN(C)Cc1ccc(C(=O)O)cc1)O2. The number of nitrogens with zero attached hydrogens (tertiary/aromatic N) is 3. The van der Waals surface area contributed by atoms with Gasteiger partial charge in [-0.05, 0) is 63.7 Å². The number of aryl methyl sites for hydroxylation is 2.